The zero-order valence-electron chi connectivity index (χ0n) is 11.1. The maximum Gasteiger partial charge on any atom is 0.312 e. The van der Waals surface area contributed by atoms with E-state index in [1.807, 2.05) is 6.92 Å². The molecule has 2 rings (SSSR count). The predicted octanol–water partition coefficient (Wildman–Crippen LogP) is 4.06. The minimum atomic E-state index is -0.483. The molecule has 0 amide bonds. The molecule has 1 N–H and O–H groups in total. The first-order chi connectivity index (χ1) is 9.45. The number of nitrogens with one attached hydrogen (secondary N) is 1. The molecule has 0 saturated carbocycles. The van der Waals surface area contributed by atoms with Crippen molar-refractivity contribution in [1.82, 2.24) is 4.98 Å². The van der Waals surface area contributed by atoms with Gasteiger partial charge in [-0.25, -0.2) is 4.98 Å². The van der Waals surface area contributed by atoms with E-state index in [0.29, 0.717) is 0 Å². The number of halogens is 1. The Bertz CT molecular complexity index is 630. The van der Waals surface area contributed by atoms with Crippen LogP contribution in [0, 0.1) is 17.0 Å². The highest BCUT2D eigenvalue weighted by molar-refractivity contribution is 7.11. The summed E-state index contributed by atoms with van der Waals surface area (Å²) in [4.78, 5) is 17.0. The molecule has 0 spiro atoms. The predicted molar refractivity (Wildman–Crippen MR) is 81.7 cm³/mol. The molecule has 0 aliphatic rings. The van der Waals surface area contributed by atoms with E-state index >= 15 is 0 Å². The van der Waals surface area contributed by atoms with E-state index < -0.39 is 4.92 Å². The zero-order chi connectivity index (χ0) is 14.7. The molecule has 7 heteroatoms. The molecule has 1 atom stereocenters. The molecule has 5 nitrogen and oxygen atoms in total. The largest absolute Gasteiger partial charge is 0.362 e. The highest BCUT2D eigenvalue weighted by atomic mass is 35.5. The van der Waals surface area contributed by atoms with Gasteiger partial charge in [-0.1, -0.05) is 11.6 Å². The maximum absolute atomic E-state index is 11.0. The number of nitrogens with zero attached hydrogens (tertiary/aromatic N) is 2. The van der Waals surface area contributed by atoms with Gasteiger partial charge >= 0.3 is 5.69 Å². The van der Waals surface area contributed by atoms with Crippen molar-refractivity contribution in [3.05, 3.63) is 49.3 Å². The normalized spacial score (nSPS) is 12.2. The van der Waals surface area contributed by atoms with Crippen LogP contribution in [0.3, 0.4) is 0 Å². The summed E-state index contributed by atoms with van der Waals surface area (Å²) in [6, 6.07) is 5.48. The number of aromatic nitrogens is 1. The molecule has 2 aromatic rings. The van der Waals surface area contributed by atoms with Gasteiger partial charge in [0.2, 0.25) is 5.82 Å². The van der Waals surface area contributed by atoms with Gasteiger partial charge in [-0.2, -0.15) is 0 Å². The molecule has 0 aromatic carbocycles. The molecule has 0 aliphatic carbocycles. The van der Waals surface area contributed by atoms with E-state index in [-0.39, 0.29) is 22.6 Å². The lowest BCUT2D eigenvalue weighted by molar-refractivity contribution is -0.384. The monoisotopic (exact) mass is 311 g/mol. The Morgan fingerprint density at radius 3 is 2.90 bits per heavy atom. The SMILES string of the molecule is Cc1ccc(CC(C)Nc2ncc(Cl)cc2[N+](=O)[O-])s1. The summed E-state index contributed by atoms with van der Waals surface area (Å²) in [6.07, 6.45) is 2.19. The molecular weight excluding hydrogens is 298 g/mol. The van der Waals surface area contributed by atoms with E-state index in [1.165, 1.54) is 22.0 Å². The lowest BCUT2D eigenvalue weighted by Crippen LogP contribution is -2.19. The topological polar surface area (TPSA) is 68.1 Å². The Labute approximate surface area is 125 Å². The van der Waals surface area contributed by atoms with Crippen LogP contribution in [0.2, 0.25) is 5.02 Å². The Balaban J connectivity index is 2.11. The summed E-state index contributed by atoms with van der Waals surface area (Å²) in [5, 5.41) is 14.3. The third-order valence-electron chi connectivity index (χ3n) is 2.72. The fourth-order valence-electron chi connectivity index (χ4n) is 1.86. The van der Waals surface area contributed by atoms with E-state index in [4.69, 9.17) is 11.6 Å². The van der Waals surface area contributed by atoms with Gasteiger partial charge < -0.3 is 5.32 Å². The molecule has 0 bridgehead atoms. The van der Waals surface area contributed by atoms with Crippen molar-refractivity contribution in [2.45, 2.75) is 26.3 Å². The van der Waals surface area contributed by atoms with E-state index in [1.54, 1.807) is 11.3 Å². The van der Waals surface area contributed by atoms with Gasteiger partial charge in [0, 0.05) is 34.5 Å². The van der Waals surface area contributed by atoms with Crippen LogP contribution in [0.15, 0.2) is 24.4 Å². The van der Waals surface area contributed by atoms with Crippen LogP contribution >= 0.6 is 22.9 Å². The summed E-state index contributed by atoms with van der Waals surface area (Å²) < 4.78 is 0. The third-order valence-corrected chi connectivity index (χ3v) is 3.95. The Hall–Kier alpha value is -1.66. The van der Waals surface area contributed by atoms with Crippen molar-refractivity contribution in [3.8, 4) is 0 Å². The van der Waals surface area contributed by atoms with Gasteiger partial charge in [-0.3, -0.25) is 10.1 Å². The minimum Gasteiger partial charge on any atom is -0.362 e. The Kier molecular flexibility index (Phi) is 4.57. The summed E-state index contributed by atoms with van der Waals surface area (Å²) in [5.74, 6) is 0.250. The van der Waals surface area contributed by atoms with Crippen LogP contribution in [0.25, 0.3) is 0 Å². The van der Waals surface area contributed by atoms with E-state index in [0.717, 1.165) is 6.42 Å². The number of rotatable bonds is 5. The number of hydrogen-bond acceptors (Lipinski definition) is 5. The zero-order valence-corrected chi connectivity index (χ0v) is 12.7. The van der Waals surface area contributed by atoms with Crippen molar-refractivity contribution >= 4 is 34.4 Å². The van der Waals surface area contributed by atoms with Crippen LogP contribution in [0.1, 0.15) is 16.7 Å². The van der Waals surface area contributed by atoms with Gasteiger partial charge in [-0.15, -0.1) is 11.3 Å². The second-order valence-corrected chi connectivity index (χ2v) is 6.35. The summed E-state index contributed by atoms with van der Waals surface area (Å²) in [7, 11) is 0. The Morgan fingerprint density at radius 1 is 1.55 bits per heavy atom. The lowest BCUT2D eigenvalue weighted by atomic mass is 10.2. The molecule has 106 valence electrons. The number of thiophene rings is 1. The average Bonchev–Trinajstić information content (AvgIpc) is 2.76. The third kappa shape index (κ3) is 3.68. The smallest absolute Gasteiger partial charge is 0.312 e. The van der Waals surface area contributed by atoms with Crippen molar-refractivity contribution < 1.29 is 4.92 Å². The molecule has 2 heterocycles. The molecule has 2 aromatic heterocycles. The molecule has 0 aliphatic heterocycles. The van der Waals surface area contributed by atoms with Crippen molar-refractivity contribution in [2.24, 2.45) is 0 Å². The molecule has 0 radical (unpaired) electrons. The molecule has 20 heavy (non-hydrogen) atoms. The van der Waals surface area contributed by atoms with Crippen LogP contribution in [-0.4, -0.2) is 15.9 Å². The summed E-state index contributed by atoms with van der Waals surface area (Å²) in [6.45, 7) is 4.02. The first-order valence-electron chi connectivity index (χ1n) is 6.07. The molecule has 0 saturated heterocycles. The van der Waals surface area contributed by atoms with Gasteiger partial charge in [0.05, 0.1) is 9.95 Å². The first kappa shape index (κ1) is 14.7. The first-order valence-corrected chi connectivity index (χ1v) is 7.27. The van der Waals surface area contributed by atoms with Crippen LogP contribution in [-0.2, 0) is 6.42 Å². The Morgan fingerprint density at radius 2 is 2.30 bits per heavy atom. The average molecular weight is 312 g/mol. The van der Waals surface area contributed by atoms with Gasteiger partial charge in [-0.05, 0) is 26.0 Å². The van der Waals surface area contributed by atoms with E-state index in [2.05, 4.69) is 29.4 Å². The van der Waals surface area contributed by atoms with Crippen molar-refractivity contribution in [2.75, 3.05) is 5.32 Å². The van der Waals surface area contributed by atoms with Gasteiger partial charge in [0.25, 0.3) is 0 Å². The minimum absolute atomic E-state index is 0.0421. The fourth-order valence-corrected chi connectivity index (χ4v) is 3.03. The van der Waals surface area contributed by atoms with Crippen LogP contribution in [0.4, 0.5) is 11.5 Å². The number of pyridine rings is 1. The van der Waals surface area contributed by atoms with Crippen LogP contribution in [0.5, 0.6) is 0 Å². The quantitative estimate of drug-likeness (QED) is 0.668. The summed E-state index contributed by atoms with van der Waals surface area (Å²) >= 11 is 7.46. The fraction of sp³-hybridized carbons (Fsp3) is 0.308. The number of hydrogen-bond donors (Lipinski definition) is 1. The number of nitro groups is 1. The van der Waals surface area contributed by atoms with Gasteiger partial charge in [0.15, 0.2) is 0 Å². The number of aryl methyl sites for hydroxylation is 1. The maximum atomic E-state index is 11.0. The highest BCUT2D eigenvalue weighted by Crippen LogP contribution is 2.26. The number of anilines is 1. The highest BCUT2D eigenvalue weighted by Gasteiger charge is 2.18. The second kappa shape index (κ2) is 6.19. The van der Waals surface area contributed by atoms with Crippen molar-refractivity contribution in [3.63, 3.8) is 0 Å². The molecule has 1 unspecified atom stereocenters. The molecule has 0 fully saturated rings. The standard InChI is InChI=1S/C13H14ClN3O2S/c1-8(5-11-4-3-9(2)20-11)16-13-12(17(18)19)6-10(14)7-15-13/h3-4,6-8H,5H2,1-2H3,(H,15,16). The second-order valence-electron chi connectivity index (χ2n) is 4.54. The van der Waals surface area contributed by atoms with Crippen molar-refractivity contribution in [1.29, 1.82) is 0 Å². The van der Waals surface area contributed by atoms with Gasteiger partial charge in [0.1, 0.15) is 0 Å². The molecular formula is C13H14ClN3O2S. The van der Waals surface area contributed by atoms with E-state index in [9.17, 15) is 10.1 Å². The van der Waals surface area contributed by atoms with Crippen LogP contribution < -0.4 is 5.32 Å². The lowest BCUT2D eigenvalue weighted by Gasteiger charge is -2.13. The summed E-state index contributed by atoms with van der Waals surface area (Å²) in [5.41, 5.74) is -0.105.